The number of nitrogens with zero attached hydrogens (tertiary/aromatic N) is 3. The fourth-order valence-corrected chi connectivity index (χ4v) is 4.48. The van der Waals surface area contributed by atoms with Crippen LogP contribution in [-0.4, -0.2) is 33.5 Å². The van der Waals surface area contributed by atoms with E-state index >= 15 is 0 Å². The number of rotatable bonds is 5. The van der Waals surface area contributed by atoms with Crippen LogP contribution in [0.15, 0.2) is 59.8 Å². The number of aryl methyl sites for hydroxylation is 1. The highest BCUT2D eigenvalue weighted by Crippen LogP contribution is 2.32. The quantitative estimate of drug-likeness (QED) is 0.581. The second kappa shape index (κ2) is 9.04. The van der Waals surface area contributed by atoms with Gasteiger partial charge in [-0.2, -0.15) is 0 Å². The Labute approximate surface area is 179 Å². The predicted octanol–water partition coefficient (Wildman–Crippen LogP) is 4.97. The van der Waals surface area contributed by atoms with Crippen molar-refractivity contribution >= 4 is 16.7 Å². The molecule has 0 radical (unpaired) electrons. The normalized spacial score (nSPS) is 15.9. The number of halogens is 1. The molecule has 1 unspecified atom stereocenters. The average molecular weight is 424 g/mol. The minimum Gasteiger partial charge on any atom is -0.341 e. The summed E-state index contributed by atoms with van der Waals surface area (Å²) < 4.78 is 26.0. The summed E-state index contributed by atoms with van der Waals surface area (Å²) in [6, 6.07) is 13.0. The largest absolute Gasteiger partial charge is 0.341 e. The second-order valence-electron chi connectivity index (χ2n) is 7.72. The van der Waals surface area contributed by atoms with Crippen LogP contribution in [-0.2, 0) is 17.2 Å². The number of benzene rings is 2. The highest BCUT2D eigenvalue weighted by atomic mass is 32.2. The van der Waals surface area contributed by atoms with Crippen LogP contribution in [0.4, 0.5) is 10.3 Å². The van der Waals surface area contributed by atoms with Crippen LogP contribution in [0.1, 0.15) is 36.8 Å². The summed E-state index contributed by atoms with van der Waals surface area (Å²) >= 11 is 0. The molecule has 3 aromatic rings. The van der Waals surface area contributed by atoms with Gasteiger partial charge in [0.15, 0.2) is 0 Å². The molecule has 0 saturated carbocycles. The van der Waals surface area contributed by atoms with Gasteiger partial charge in [-0.3, -0.25) is 4.21 Å². The minimum absolute atomic E-state index is 0.335. The van der Waals surface area contributed by atoms with Crippen molar-refractivity contribution < 1.29 is 8.60 Å². The Morgan fingerprint density at radius 3 is 2.30 bits per heavy atom. The van der Waals surface area contributed by atoms with Crippen LogP contribution >= 0.6 is 0 Å². The van der Waals surface area contributed by atoms with Crippen molar-refractivity contribution in [1.82, 2.24) is 9.97 Å². The number of hydrogen-bond donors (Lipinski definition) is 0. The Kier molecular flexibility index (Phi) is 6.23. The lowest BCUT2D eigenvalue weighted by Crippen LogP contribution is -2.34. The van der Waals surface area contributed by atoms with E-state index in [9.17, 15) is 8.60 Å². The molecule has 1 aliphatic heterocycles. The Hall–Kier alpha value is -2.60. The van der Waals surface area contributed by atoms with Crippen LogP contribution < -0.4 is 4.90 Å². The molecule has 30 heavy (non-hydrogen) atoms. The first-order valence-electron chi connectivity index (χ1n) is 10.3. The van der Waals surface area contributed by atoms with E-state index < -0.39 is 10.8 Å². The van der Waals surface area contributed by atoms with E-state index in [1.54, 1.807) is 18.4 Å². The Bertz CT molecular complexity index is 1030. The van der Waals surface area contributed by atoms with E-state index in [1.807, 2.05) is 24.5 Å². The van der Waals surface area contributed by atoms with Crippen LogP contribution in [0.3, 0.4) is 0 Å². The van der Waals surface area contributed by atoms with Gasteiger partial charge in [-0.15, -0.1) is 0 Å². The average Bonchev–Trinajstić information content (AvgIpc) is 2.79. The van der Waals surface area contributed by atoms with Crippen molar-refractivity contribution in [1.29, 1.82) is 0 Å². The molecule has 0 N–H and O–H groups in total. The van der Waals surface area contributed by atoms with Gasteiger partial charge in [-0.25, -0.2) is 14.4 Å². The summed E-state index contributed by atoms with van der Waals surface area (Å²) in [5.41, 5.74) is 3.82. The number of piperidine rings is 1. The summed E-state index contributed by atoms with van der Waals surface area (Å²) in [4.78, 5) is 11.8. The van der Waals surface area contributed by atoms with Crippen molar-refractivity contribution in [3.05, 3.63) is 71.8 Å². The standard InChI is InChI=1S/C24H26FN3OS/c1-3-17-15-26-24(27-16-17)28-12-10-19(11-13-28)18-4-6-20(7-5-18)22-9-8-21(30(2)29)14-23(22)25/h4-9,14-16,19H,3,10-13H2,1-2H3. The Balaban J connectivity index is 1.42. The van der Waals surface area contributed by atoms with Crippen molar-refractivity contribution in [2.45, 2.75) is 37.0 Å². The summed E-state index contributed by atoms with van der Waals surface area (Å²) in [7, 11) is -1.18. The third-order valence-corrected chi connectivity index (χ3v) is 6.76. The number of hydrogen-bond acceptors (Lipinski definition) is 4. The molecule has 1 atom stereocenters. The van der Waals surface area contributed by atoms with Crippen LogP contribution in [0, 0.1) is 5.82 Å². The van der Waals surface area contributed by atoms with Gasteiger partial charge in [0.2, 0.25) is 5.95 Å². The molecule has 0 bridgehead atoms. The molecule has 4 rings (SSSR count). The molecule has 2 aromatic carbocycles. The van der Waals surface area contributed by atoms with Gasteiger partial charge in [0, 0.05) is 53.0 Å². The highest BCUT2D eigenvalue weighted by molar-refractivity contribution is 7.84. The zero-order chi connectivity index (χ0) is 21.1. The van der Waals surface area contributed by atoms with Crippen LogP contribution in [0.2, 0.25) is 0 Å². The van der Waals surface area contributed by atoms with Crippen molar-refractivity contribution in [3.8, 4) is 11.1 Å². The first-order chi connectivity index (χ1) is 14.5. The Morgan fingerprint density at radius 1 is 1.07 bits per heavy atom. The van der Waals surface area contributed by atoms with E-state index in [4.69, 9.17) is 0 Å². The van der Waals surface area contributed by atoms with Crippen LogP contribution in [0.25, 0.3) is 11.1 Å². The molecule has 1 saturated heterocycles. The molecule has 0 spiro atoms. The fourth-order valence-electron chi connectivity index (χ4n) is 3.95. The van der Waals surface area contributed by atoms with E-state index in [-0.39, 0.29) is 5.82 Å². The van der Waals surface area contributed by atoms with Crippen molar-refractivity contribution in [2.75, 3.05) is 24.2 Å². The van der Waals surface area contributed by atoms with E-state index in [1.165, 1.54) is 11.6 Å². The summed E-state index contributed by atoms with van der Waals surface area (Å²) in [6.45, 7) is 3.97. The second-order valence-corrected chi connectivity index (χ2v) is 9.10. The smallest absolute Gasteiger partial charge is 0.225 e. The lowest BCUT2D eigenvalue weighted by atomic mass is 9.88. The molecule has 1 fully saturated rings. The number of aromatic nitrogens is 2. The highest BCUT2D eigenvalue weighted by Gasteiger charge is 2.22. The van der Waals surface area contributed by atoms with Gasteiger partial charge in [0.1, 0.15) is 5.82 Å². The van der Waals surface area contributed by atoms with Gasteiger partial charge < -0.3 is 4.90 Å². The topological polar surface area (TPSA) is 46.1 Å². The zero-order valence-corrected chi connectivity index (χ0v) is 18.2. The van der Waals surface area contributed by atoms with Gasteiger partial charge in [-0.1, -0.05) is 37.3 Å². The lowest BCUT2D eigenvalue weighted by Gasteiger charge is -2.32. The molecule has 156 valence electrons. The fraction of sp³-hybridized carbons (Fsp3) is 0.333. The van der Waals surface area contributed by atoms with Gasteiger partial charge in [-0.05, 0) is 54.0 Å². The van der Waals surface area contributed by atoms with E-state index in [0.717, 1.165) is 49.4 Å². The maximum Gasteiger partial charge on any atom is 0.225 e. The van der Waals surface area contributed by atoms with Crippen molar-refractivity contribution in [3.63, 3.8) is 0 Å². The zero-order valence-electron chi connectivity index (χ0n) is 17.3. The molecule has 1 aliphatic rings. The molecule has 0 amide bonds. The third-order valence-electron chi connectivity index (χ3n) is 5.84. The number of anilines is 1. The molecule has 6 heteroatoms. The monoisotopic (exact) mass is 423 g/mol. The molecule has 0 aliphatic carbocycles. The van der Waals surface area contributed by atoms with Gasteiger partial charge in [0.25, 0.3) is 0 Å². The summed E-state index contributed by atoms with van der Waals surface area (Å²) in [6.07, 6.45) is 8.42. The van der Waals surface area contributed by atoms with Crippen molar-refractivity contribution in [2.24, 2.45) is 0 Å². The predicted molar refractivity (Wildman–Crippen MR) is 120 cm³/mol. The SMILES string of the molecule is CCc1cnc(N2CCC(c3ccc(-c4ccc(S(C)=O)cc4F)cc3)CC2)nc1. The van der Waals surface area contributed by atoms with Crippen LogP contribution in [0.5, 0.6) is 0 Å². The first-order valence-corrected chi connectivity index (χ1v) is 11.9. The van der Waals surface area contributed by atoms with E-state index in [2.05, 4.69) is 33.9 Å². The summed E-state index contributed by atoms with van der Waals surface area (Å²) in [5, 5.41) is 0. The Morgan fingerprint density at radius 2 is 1.73 bits per heavy atom. The molecule has 2 heterocycles. The minimum atomic E-state index is -1.18. The molecular formula is C24H26FN3OS. The third kappa shape index (κ3) is 4.43. The molecular weight excluding hydrogens is 397 g/mol. The maximum atomic E-state index is 14.5. The molecule has 1 aromatic heterocycles. The van der Waals surface area contributed by atoms with E-state index in [0.29, 0.717) is 16.4 Å². The maximum absolute atomic E-state index is 14.5. The lowest BCUT2D eigenvalue weighted by molar-refractivity contribution is 0.499. The molecule has 4 nitrogen and oxygen atoms in total. The first kappa shape index (κ1) is 20.7. The van der Waals surface area contributed by atoms with Gasteiger partial charge >= 0.3 is 0 Å². The van der Waals surface area contributed by atoms with Gasteiger partial charge in [0.05, 0.1) is 0 Å². The summed E-state index contributed by atoms with van der Waals surface area (Å²) in [5.74, 6) is 0.964.